The van der Waals surface area contributed by atoms with Crippen molar-refractivity contribution in [2.45, 2.75) is 50.2 Å². The second kappa shape index (κ2) is 8.91. The van der Waals surface area contributed by atoms with Crippen LogP contribution in [0.4, 0.5) is 5.69 Å². The van der Waals surface area contributed by atoms with E-state index in [1.807, 2.05) is 12.1 Å². The van der Waals surface area contributed by atoms with E-state index >= 15 is 0 Å². The molecule has 170 valence electrons. The van der Waals surface area contributed by atoms with Gasteiger partial charge in [-0.15, -0.1) is 0 Å². The molecular weight excluding hydrogens is 426 g/mol. The number of rotatable bonds is 8. The van der Waals surface area contributed by atoms with Gasteiger partial charge in [0.25, 0.3) is 11.8 Å². The fourth-order valence-corrected chi connectivity index (χ4v) is 4.58. The zero-order chi connectivity index (χ0) is 23.6. The van der Waals surface area contributed by atoms with Crippen molar-refractivity contribution in [2.75, 3.05) is 24.6 Å². The van der Waals surface area contributed by atoms with Crippen LogP contribution in [-0.4, -0.2) is 64.9 Å². The van der Waals surface area contributed by atoms with Crippen LogP contribution in [0.5, 0.6) is 0 Å². The van der Waals surface area contributed by atoms with E-state index in [4.69, 9.17) is 15.3 Å². The van der Waals surface area contributed by atoms with Gasteiger partial charge in [0, 0.05) is 32.0 Å². The number of fused-ring (bicyclic) bond motifs is 3. The Morgan fingerprint density at radius 2 is 1.79 bits per heavy atom. The first-order chi connectivity index (χ1) is 16.0. The van der Waals surface area contributed by atoms with Crippen LogP contribution in [0.2, 0.25) is 0 Å². The van der Waals surface area contributed by atoms with Crippen molar-refractivity contribution in [1.82, 2.24) is 9.80 Å². The molecule has 0 N–H and O–H groups in total. The second-order valence-corrected chi connectivity index (χ2v) is 8.24. The fraction of sp³-hybridized carbons (Fsp3) is 0.478. The third-order valence-electron chi connectivity index (χ3n) is 6.20. The van der Waals surface area contributed by atoms with E-state index in [-0.39, 0.29) is 56.6 Å². The van der Waals surface area contributed by atoms with Crippen LogP contribution >= 0.6 is 0 Å². The van der Waals surface area contributed by atoms with E-state index in [9.17, 15) is 19.2 Å². The van der Waals surface area contributed by atoms with Crippen molar-refractivity contribution in [1.29, 1.82) is 10.5 Å². The molecule has 1 unspecified atom stereocenters. The van der Waals surface area contributed by atoms with Crippen LogP contribution in [-0.2, 0) is 19.1 Å². The van der Waals surface area contributed by atoms with E-state index in [0.29, 0.717) is 11.3 Å². The van der Waals surface area contributed by atoms with Gasteiger partial charge in [-0.2, -0.15) is 10.5 Å². The number of hydrogen-bond donors (Lipinski definition) is 0. The summed E-state index contributed by atoms with van der Waals surface area (Å²) in [6, 6.07) is 10.4. The molecule has 0 radical (unpaired) electrons. The van der Waals surface area contributed by atoms with Crippen molar-refractivity contribution >= 4 is 29.4 Å². The van der Waals surface area contributed by atoms with Crippen molar-refractivity contribution < 1.29 is 23.9 Å². The normalized spacial score (nSPS) is 21.0. The van der Waals surface area contributed by atoms with E-state index in [2.05, 4.69) is 0 Å². The summed E-state index contributed by atoms with van der Waals surface area (Å²) in [5, 5.41) is 17.6. The predicted octanol–water partition coefficient (Wildman–Crippen LogP) is 1.33. The molecule has 10 heteroatoms. The van der Waals surface area contributed by atoms with Gasteiger partial charge in [0.15, 0.2) is 6.61 Å². The number of esters is 1. The fourth-order valence-electron chi connectivity index (χ4n) is 4.58. The predicted molar refractivity (Wildman–Crippen MR) is 113 cm³/mol. The average Bonchev–Trinajstić information content (AvgIpc) is 3.59. The standard InChI is InChI=1S/C23H23N5O5/c24-11-3-13-26(14-4-12-25)20(30)15-33-22(32)23-10-9-19(29)28(23)18-6-2-1-5-17(18)21(31)27(23)16-7-8-16/h1-2,5-6,16H,3-4,7-10,13-15H2. The zero-order valence-corrected chi connectivity index (χ0v) is 18.0. The average molecular weight is 449 g/mol. The molecule has 1 aromatic rings. The molecule has 33 heavy (non-hydrogen) atoms. The summed E-state index contributed by atoms with van der Waals surface area (Å²) in [7, 11) is 0. The number of anilines is 1. The van der Waals surface area contributed by atoms with Crippen LogP contribution in [0.3, 0.4) is 0 Å². The molecule has 4 rings (SSSR count). The lowest BCUT2D eigenvalue weighted by atomic mass is 9.96. The van der Waals surface area contributed by atoms with E-state index in [0.717, 1.165) is 12.8 Å². The maximum Gasteiger partial charge on any atom is 0.354 e. The summed E-state index contributed by atoms with van der Waals surface area (Å²) >= 11 is 0. The molecule has 0 bridgehead atoms. The van der Waals surface area contributed by atoms with Crippen LogP contribution in [0, 0.1) is 22.7 Å². The minimum absolute atomic E-state index is 0.0738. The molecule has 1 aromatic carbocycles. The van der Waals surface area contributed by atoms with Gasteiger partial charge >= 0.3 is 5.97 Å². The van der Waals surface area contributed by atoms with Crippen molar-refractivity contribution in [3.63, 3.8) is 0 Å². The van der Waals surface area contributed by atoms with E-state index in [1.54, 1.807) is 24.3 Å². The van der Waals surface area contributed by atoms with Gasteiger partial charge in [0.2, 0.25) is 11.6 Å². The van der Waals surface area contributed by atoms with Crippen LogP contribution < -0.4 is 4.90 Å². The van der Waals surface area contributed by atoms with Crippen molar-refractivity contribution in [3.8, 4) is 12.1 Å². The Morgan fingerprint density at radius 3 is 2.42 bits per heavy atom. The largest absolute Gasteiger partial charge is 0.452 e. The third-order valence-corrected chi connectivity index (χ3v) is 6.20. The molecule has 0 spiro atoms. The number of benzene rings is 1. The van der Waals surface area contributed by atoms with Gasteiger partial charge in [-0.3, -0.25) is 19.3 Å². The van der Waals surface area contributed by atoms with Gasteiger partial charge < -0.3 is 14.5 Å². The number of carbonyl (C=O) groups is 4. The highest BCUT2D eigenvalue weighted by Gasteiger charge is 2.64. The van der Waals surface area contributed by atoms with Gasteiger partial charge in [0.1, 0.15) is 0 Å². The molecule has 1 saturated carbocycles. The summed E-state index contributed by atoms with van der Waals surface area (Å²) in [5.41, 5.74) is -0.887. The van der Waals surface area contributed by atoms with Gasteiger partial charge in [-0.25, -0.2) is 4.79 Å². The number of para-hydroxylation sites is 1. The first-order valence-corrected chi connectivity index (χ1v) is 10.9. The number of hydrogen-bond acceptors (Lipinski definition) is 7. The topological polar surface area (TPSA) is 135 Å². The molecule has 3 amide bonds. The second-order valence-electron chi connectivity index (χ2n) is 8.24. The molecule has 1 atom stereocenters. The molecule has 0 aromatic heterocycles. The third kappa shape index (κ3) is 3.78. The van der Waals surface area contributed by atoms with Gasteiger partial charge in [-0.1, -0.05) is 12.1 Å². The lowest BCUT2D eigenvalue weighted by Gasteiger charge is -2.48. The smallest absolute Gasteiger partial charge is 0.354 e. The number of carbonyl (C=O) groups excluding carboxylic acids is 4. The first kappa shape index (κ1) is 22.3. The highest BCUT2D eigenvalue weighted by atomic mass is 16.5. The summed E-state index contributed by atoms with van der Waals surface area (Å²) in [4.78, 5) is 56.6. The Kier molecular flexibility index (Phi) is 6.01. The summed E-state index contributed by atoms with van der Waals surface area (Å²) in [5.74, 6) is -1.97. The maximum absolute atomic E-state index is 13.5. The van der Waals surface area contributed by atoms with Crippen LogP contribution in [0.1, 0.15) is 48.9 Å². The lowest BCUT2D eigenvalue weighted by Crippen LogP contribution is -2.69. The molecule has 1 aliphatic carbocycles. The van der Waals surface area contributed by atoms with Crippen molar-refractivity contribution in [2.24, 2.45) is 0 Å². The lowest BCUT2D eigenvalue weighted by molar-refractivity contribution is -0.162. The highest BCUT2D eigenvalue weighted by molar-refractivity contribution is 6.15. The first-order valence-electron chi connectivity index (χ1n) is 10.9. The monoisotopic (exact) mass is 449 g/mol. The van der Waals surface area contributed by atoms with Gasteiger partial charge in [-0.05, 0) is 25.0 Å². The molecule has 2 fully saturated rings. The minimum atomic E-state index is -1.62. The Morgan fingerprint density at radius 1 is 1.12 bits per heavy atom. The Balaban J connectivity index is 1.61. The molecule has 2 aliphatic heterocycles. The number of amides is 3. The molecule has 1 saturated heterocycles. The highest BCUT2D eigenvalue weighted by Crippen LogP contribution is 2.49. The molecule has 3 aliphatic rings. The quantitative estimate of drug-likeness (QED) is 0.546. The minimum Gasteiger partial charge on any atom is -0.452 e. The Labute approximate surface area is 190 Å². The Hall–Kier alpha value is -3.92. The SMILES string of the molecule is N#CCCN(CCC#N)C(=O)COC(=O)C12CCC(=O)N1c1ccccc1C(=O)N2C1CC1. The summed E-state index contributed by atoms with van der Waals surface area (Å²) in [6.45, 7) is -0.372. The summed E-state index contributed by atoms with van der Waals surface area (Å²) in [6.07, 6.45) is 1.77. The molecule has 10 nitrogen and oxygen atoms in total. The van der Waals surface area contributed by atoms with Crippen LogP contribution in [0.15, 0.2) is 24.3 Å². The number of nitrogens with zero attached hydrogens (tertiary/aromatic N) is 5. The maximum atomic E-state index is 13.5. The zero-order valence-electron chi connectivity index (χ0n) is 18.0. The number of ether oxygens (including phenoxy) is 1. The molecular formula is C23H23N5O5. The molecule has 2 heterocycles. The number of nitriles is 2. The summed E-state index contributed by atoms with van der Waals surface area (Å²) < 4.78 is 5.43. The Bertz CT molecular complexity index is 1070. The van der Waals surface area contributed by atoms with E-state index in [1.165, 1.54) is 14.7 Å². The van der Waals surface area contributed by atoms with Crippen molar-refractivity contribution in [3.05, 3.63) is 29.8 Å². The van der Waals surface area contributed by atoms with E-state index < -0.39 is 24.1 Å². The van der Waals surface area contributed by atoms with Crippen LogP contribution in [0.25, 0.3) is 0 Å². The van der Waals surface area contributed by atoms with Gasteiger partial charge in [0.05, 0.1) is 36.2 Å².